The third kappa shape index (κ3) is 12.0. The van der Waals surface area contributed by atoms with Gasteiger partial charge in [0.05, 0.1) is 41.4 Å². The van der Waals surface area contributed by atoms with Crippen molar-refractivity contribution in [2.75, 3.05) is 109 Å². The van der Waals surface area contributed by atoms with Crippen molar-refractivity contribution < 1.29 is 29.3 Å². The number of nitrogens with one attached hydrogen (secondary N) is 1. The van der Waals surface area contributed by atoms with Crippen LogP contribution >= 0.6 is 11.6 Å². The van der Waals surface area contributed by atoms with E-state index in [1.165, 1.54) is 12.1 Å². The molecular formula is C62H73ClN14O6. The maximum absolute atomic E-state index is 14.0. The Morgan fingerprint density at radius 1 is 0.880 bits per heavy atom. The molecule has 20 nitrogen and oxygen atoms in total. The van der Waals surface area contributed by atoms with Gasteiger partial charge in [-0.15, -0.1) is 10.2 Å². The fourth-order valence-corrected chi connectivity index (χ4v) is 13.2. The first-order chi connectivity index (χ1) is 40.3. The summed E-state index contributed by atoms with van der Waals surface area (Å²) in [5, 5.41) is 45.7. The first-order valence-corrected chi connectivity index (χ1v) is 29.4. The second-order valence-electron chi connectivity index (χ2n) is 22.9. The highest BCUT2D eigenvalue weighted by atomic mass is 35.5. The number of halogens is 1. The summed E-state index contributed by atoms with van der Waals surface area (Å²) >= 11 is 6.83. The molecule has 3 N–H and O–H groups in total. The molecule has 3 amide bonds. The predicted octanol–water partition coefficient (Wildman–Crippen LogP) is 6.48. The van der Waals surface area contributed by atoms with Crippen LogP contribution in [0, 0.1) is 17.2 Å². The summed E-state index contributed by atoms with van der Waals surface area (Å²) in [7, 11) is 2.15. The maximum atomic E-state index is 14.0. The molecular weight excluding hydrogens is 1070 g/mol. The van der Waals surface area contributed by atoms with Gasteiger partial charge in [-0.25, -0.2) is 0 Å². The van der Waals surface area contributed by atoms with Gasteiger partial charge in [0.2, 0.25) is 17.6 Å². The highest BCUT2D eigenvalue weighted by Crippen LogP contribution is 2.40. The van der Waals surface area contributed by atoms with Crippen LogP contribution in [-0.4, -0.2) is 194 Å². The number of piperazine rings is 2. The van der Waals surface area contributed by atoms with Gasteiger partial charge in [-0.05, 0) is 99.1 Å². The van der Waals surface area contributed by atoms with Gasteiger partial charge in [0.25, 0.3) is 5.91 Å². The average Bonchev–Trinajstić information content (AvgIpc) is 3.44. The lowest BCUT2D eigenvalue weighted by molar-refractivity contribution is -0.139. The quantitative estimate of drug-likeness (QED) is 0.0884. The molecule has 4 saturated heterocycles. The number of hydrogen-bond donors (Lipinski definition) is 3. The number of fused-ring (bicyclic) bond motifs is 2. The number of carbonyl (C=O) groups is 3. The minimum absolute atomic E-state index is 0.0167. The second kappa shape index (κ2) is 24.9. The summed E-state index contributed by atoms with van der Waals surface area (Å²) in [5.41, 5.74) is 4.62. The molecule has 0 spiro atoms. The normalized spacial score (nSPS) is 20.2. The number of phenolic OH excluding ortho intramolecular Hbond substituents is 2. The molecule has 0 aliphatic carbocycles. The van der Waals surface area contributed by atoms with Crippen molar-refractivity contribution in [3.05, 3.63) is 119 Å². The van der Waals surface area contributed by atoms with E-state index in [0.29, 0.717) is 112 Å². The first-order valence-electron chi connectivity index (χ1n) is 29.1. The van der Waals surface area contributed by atoms with Crippen molar-refractivity contribution >= 4 is 51.6 Å². The number of phenols is 2. The number of benzene rings is 4. The van der Waals surface area contributed by atoms with E-state index in [1.807, 2.05) is 61.2 Å². The number of nitriles is 1. The van der Waals surface area contributed by atoms with Gasteiger partial charge in [0, 0.05) is 118 Å². The summed E-state index contributed by atoms with van der Waals surface area (Å²) in [4.78, 5) is 66.3. The van der Waals surface area contributed by atoms with Gasteiger partial charge >= 0.3 is 6.01 Å². The molecule has 7 heterocycles. The third-order valence-corrected chi connectivity index (χ3v) is 17.8. The molecule has 11 rings (SSSR count). The molecule has 3 atom stereocenters. The molecule has 5 aliphatic rings. The van der Waals surface area contributed by atoms with Crippen LogP contribution in [0.3, 0.4) is 0 Å². The number of rotatable bonds is 16. The van der Waals surface area contributed by atoms with Crippen LogP contribution < -0.4 is 19.9 Å². The molecule has 434 valence electrons. The van der Waals surface area contributed by atoms with E-state index in [1.54, 1.807) is 15.5 Å². The van der Waals surface area contributed by atoms with Crippen LogP contribution in [0.5, 0.6) is 17.5 Å². The van der Waals surface area contributed by atoms with Gasteiger partial charge < -0.3 is 39.9 Å². The van der Waals surface area contributed by atoms with E-state index < -0.39 is 5.91 Å². The number of carbonyl (C=O) groups excluding carboxylic acids is 3. The number of hydrogen-bond acceptors (Lipinski definition) is 16. The Kier molecular flexibility index (Phi) is 17.1. The SMILES string of the molecule is C=CC(=O)N1CCN(c2nc(OC[C@@H]3C[C@H](N4CCC(C(=O)N5CCN(CCNC(=O)c6nnc(-c7cc(C(C)C)c(O)cc7O)n6-c6ccccc6)CC5)CC4)CN3C)nc3c2CCN(c2cccc4cccc(Cl)c24)C3)C[C@@H]1CC#N. The van der Waals surface area contributed by atoms with Crippen LogP contribution in [0.2, 0.25) is 5.02 Å². The summed E-state index contributed by atoms with van der Waals surface area (Å²) in [6.45, 7) is 16.9. The van der Waals surface area contributed by atoms with Gasteiger partial charge in [0.15, 0.2) is 5.82 Å². The smallest absolute Gasteiger partial charge is 0.318 e. The van der Waals surface area contributed by atoms with Crippen LogP contribution in [0.15, 0.2) is 91.5 Å². The highest BCUT2D eigenvalue weighted by Gasteiger charge is 2.39. The van der Waals surface area contributed by atoms with Crippen LogP contribution in [0.4, 0.5) is 11.5 Å². The zero-order valence-corrected chi connectivity index (χ0v) is 48.3. The molecule has 0 unspecified atom stereocenters. The molecule has 5 aliphatic heterocycles. The maximum Gasteiger partial charge on any atom is 0.318 e. The molecule has 0 radical (unpaired) electrons. The lowest BCUT2D eigenvalue weighted by Gasteiger charge is -2.42. The van der Waals surface area contributed by atoms with Gasteiger partial charge in [-0.1, -0.05) is 74.5 Å². The topological polar surface area (TPSA) is 216 Å². The third-order valence-electron chi connectivity index (χ3n) is 17.5. The van der Waals surface area contributed by atoms with Gasteiger partial charge in [-0.2, -0.15) is 15.2 Å². The standard InChI is InChI=1S/C62H73ClN14O6/c1-5-55(80)76-32-31-75(37-44(76)17-21-64)57-47-20-25-74(52-16-10-12-41-11-9-15-50(63)56(41)52)38-51(47)66-62(67-57)83-39-46-33-45(36-70(46)4)72-23-18-42(19-24-72)61(82)73-29-27-71(28-30-73)26-22-65-60(81)59-69-68-58(77(59)43-13-7-6-8-14-43)49-34-48(40(2)3)53(78)35-54(49)79/h5-16,34-35,40,42,44-46,78-79H,1,17-20,22-33,36-39H2,2-4H3,(H,65,81)/t44-,45-,46-/m0/s1. The molecule has 0 bridgehead atoms. The summed E-state index contributed by atoms with van der Waals surface area (Å²) in [5.74, 6) is 0.547. The van der Waals surface area contributed by atoms with E-state index in [-0.39, 0.29) is 65.3 Å². The Bertz CT molecular complexity index is 3410. The first kappa shape index (κ1) is 57.0. The van der Waals surface area contributed by atoms with E-state index >= 15 is 0 Å². The minimum atomic E-state index is -0.409. The number of anilines is 2. The molecule has 83 heavy (non-hydrogen) atoms. The van der Waals surface area contributed by atoms with E-state index in [2.05, 4.69) is 84.0 Å². The summed E-state index contributed by atoms with van der Waals surface area (Å²) < 4.78 is 8.25. The number of aromatic hydroxyl groups is 2. The van der Waals surface area contributed by atoms with E-state index in [0.717, 1.165) is 79.0 Å². The Morgan fingerprint density at radius 3 is 2.40 bits per heavy atom. The number of ether oxygens (including phenoxy) is 1. The Morgan fingerprint density at radius 2 is 1.65 bits per heavy atom. The predicted molar refractivity (Wildman–Crippen MR) is 318 cm³/mol. The molecule has 4 fully saturated rings. The minimum Gasteiger partial charge on any atom is -0.508 e. The fraction of sp³-hybridized carbons (Fsp3) is 0.452. The molecule has 6 aromatic rings. The fourth-order valence-electron chi connectivity index (χ4n) is 12.9. The monoisotopic (exact) mass is 1140 g/mol. The number of aromatic nitrogens is 5. The number of para-hydroxylation sites is 1. The molecule has 4 aromatic carbocycles. The Labute approximate surface area is 489 Å². The van der Waals surface area contributed by atoms with Crippen LogP contribution in [0.1, 0.15) is 72.9 Å². The summed E-state index contributed by atoms with van der Waals surface area (Å²) in [6, 6.07) is 27.2. The number of nitrogens with zero attached hydrogens (tertiary/aromatic N) is 13. The number of amides is 3. The lowest BCUT2D eigenvalue weighted by atomic mass is 9.93. The van der Waals surface area contributed by atoms with E-state index in [9.17, 15) is 29.9 Å². The number of likely N-dealkylation sites (N-methyl/N-ethyl adjacent to an activating group) is 1. The van der Waals surface area contributed by atoms with Crippen molar-refractivity contribution in [1.82, 2.24) is 54.5 Å². The molecule has 2 aromatic heterocycles. The van der Waals surface area contributed by atoms with E-state index in [4.69, 9.17) is 26.3 Å². The zero-order chi connectivity index (χ0) is 57.9. The van der Waals surface area contributed by atoms with Crippen LogP contribution in [0.25, 0.3) is 27.8 Å². The lowest BCUT2D eigenvalue weighted by Crippen LogP contribution is -2.55. The number of piperidine rings is 1. The van der Waals surface area contributed by atoms with Crippen molar-refractivity contribution in [1.29, 1.82) is 5.26 Å². The van der Waals surface area contributed by atoms with Crippen molar-refractivity contribution in [2.45, 2.75) is 76.5 Å². The van der Waals surface area contributed by atoms with Crippen molar-refractivity contribution in [3.8, 4) is 40.7 Å². The summed E-state index contributed by atoms with van der Waals surface area (Å²) in [6.07, 6.45) is 4.75. The van der Waals surface area contributed by atoms with Crippen LogP contribution in [-0.2, 0) is 22.6 Å². The van der Waals surface area contributed by atoms with Gasteiger partial charge in [-0.3, -0.25) is 33.7 Å². The average molecular weight is 1150 g/mol. The molecule has 0 saturated carbocycles. The van der Waals surface area contributed by atoms with Crippen molar-refractivity contribution in [2.24, 2.45) is 5.92 Å². The van der Waals surface area contributed by atoms with Crippen molar-refractivity contribution in [3.63, 3.8) is 0 Å². The highest BCUT2D eigenvalue weighted by molar-refractivity contribution is 6.36. The second-order valence-corrected chi connectivity index (χ2v) is 23.3. The Hall–Kier alpha value is -7.83. The largest absolute Gasteiger partial charge is 0.508 e. The zero-order valence-electron chi connectivity index (χ0n) is 47.5. The Balaban J connectivity index is 0.675. The van der Waals surface area contributed by atoms with Gasteiger partial charge in [0.1, 0.15) is 23.9 Å². The molecule has 21 heteroatoms. The number of likely N-dealkylation sites (tertiary alicyclic amines) is 2.